The number of aromatic nitrogens is 3. The Labute approximate surface area is 316 Å². The maximum atomic E-state index is 10.2. The molecule has 11 rings (SSSR count). The van der Waals surface area contributed by atoms with Gasteiger partial charge in [0.1, 0.15) is 6.07 Å². The molecule has 254 valence electrons. The molecule has 0 aliphatic rings. The Bertz CT molecular complexity index is 3400. The van der Waals surface area contributed by atoms with Crippen LogP contribution in [-0.4, -0.2) is 13.7 Å². The van der Waals surface area contributed by atoms with E-state index in [1.165, 1.54) is 21.5 Å². The topological polar surface area (TPSA) is 62.4 Å². The Morgan fingerprint density at radius 3 is 1.47 bits per heavy atom. The van der Waals surface area contributed by atoms with Crippen molar-refractivity contribution in [2.45, 2.75) is 0 Å². The molecule has 0 fully saturated rings. The third-order valence-electron chi connectivity index (χ3n) is 11.1. The van der Waals surface area contributed by atoms with Crippen LogP contribution in [0.3, 0.4) is 0 Å². The molecule has 55 heavy (non-hydrogen) atoms. The SMILES string of the molecule is N#Cc1ccc(-n2c3ccccc3c3cccc(C#N)c32)c(-c2ccc(-n3c4ccccc4c4cccc(-n5c6ccccc6c6ccccc65)c43)cc2)c1. The summed E-state index contributed by atoms with van der Waals surface area (Å²) in [6, 6.07) is 65.9. The number of hydrogen-bond donors (Lipinski definition) is 0. The molecule has 0 aliphatic heterocycles. The lowest BCUT2D eigenvalue weighted by atomic mass is 10.00. The molecule has 0 spiro atoms. The number of rotatable bonds is 4. The first kappa shape index (κ1) is 30.7. The largest absolute Gasteiger partial charge is 0.307 e. The summed E-state index contributed by atoms with van der Waals surface area (Å²) in [7, 11) is 0. The van der Waals surface area contributed by atoms with E-state index in [1.54, 1.807) is 0 Å². The second-order valence-electron chi connectivity index (χ2n) is 14.0. The van der Waals surface area contributed by atoms with Crippen LogP contribution in [0.4, 0.5) is 0 Å². The highest BCUT2D eigenvalue weighted by Crippen LogP contribution is 2.41. The van der Waals surface area contributed by atoms with Gasteiger partial charge in [-0.2, -0.15) is 10.5 Å². The average Bonchev–Trinajstić information content (AvgIpc) is 3.90. The van der Waals surface area contributed by atoms with Gasteiger partial charge in [-0.25, -0.2) is 0 Å². The highest BCUT2D eigenvalue weighted by Gasteiger charge is 2.21. The molecule has 11 aromatic rings. The smallest absolute Gasteiger partial charge is 0.101 e. The van der Waals surface area contributed by atoms with Gasteiger partial charge in [-0.05, 0) is 72.3 Å². The van der Waals surface area contributed by atoms with Crippen molar-refractivity contribution in [2.75, 3.05) is 0 Å². The zero-order valence-electron chi connectivity index (χ0n) is 29.5. The summed E-state index contributed by atoms with van der Waals surface area (Å²) in [5.74, 6) is 0. The fraction of sp³-hybridized carbons (Fsp3) is 0. The van der Waals surface area contributed by atoms with E-state index in [2.05, 4.69) is 159 Å². The zero-order valence-corrected chi connectivity index (χ0v) is 29.5. The Kier molecular flexibility index (Phi) is 6.61. The van der Waals surface area contributed by atoms with Crippen molar-refractivity contribution in [3.8, 4) is 40.3 Å². The van der Waals surface area contributed by atoms with Gasteiger partial charge in [-0.1, -0.05) is 109 Å². The van der Waals surface area contributed by atoms with Gasteiger partial charge in [0.05, 0.1) is 61.7 Å². The van der Waals surface area contributed by atoms with Crippen LogP contribution in [0.15, 0.2) is 176 Å². The minimum Gasteiger partial charge on any atom is -0.307 e. The van der Waals surface area contributed by atoms with Gasteiger partial charge in [0, 0.05) is 43.6 Å². The van der Waals surface area contributed by atoms with Crippen LogP contribution in [-0.2, 0) is 0 Å². The van der Waals surface area contributed by atoms with Crippen molar-refractivity contribution >= 4 is 65.4 Å². The summed E-state index contributed by atoms with van der Waals surface area (Å²) in [5, 5.41) is 27.2. The van der Waals surface area contributed by atoms with Crippen molar-refractivity contribution in [1.82, 2.24) is 13.7 Å². The van der Waals surface area contributed by atoms with Crippen LogP contribution in [0.25, 0.3) is 93.6 Å². The quantitative estimate of drug-likeness (QED) is 0.184. The molecule has 0 unspecified atom stereocenters. The predicted octanol–water partition coefficient (Wildman–Crippen LogP) is 12.4. The Hall–Kier alpha value is -7.86. The molecule has 0 amide bonds. The van der Waals surface area contributed by atoms with Crippen molar-refractivity contribution in [3.63, 3.8) is 0 Å². The molecule has 0 N–H and O–H groups in total. The van der Waals surface area contributed by atoms with Crippen LogP contribution in [0, 0.1) is 22.7 Å². The lowest BCUT2D eigenvalue weighted by Gasteiger charge is -2.17. The van der Waals surface area contributed by atoms with E-state index in [9.17, 15) is 10.5 Å². The van der Waals surface area contributed by atoms with E-state index >= 15 is 0 Å². The van der Waals surface area contributed by atoms with Crippen LogP contribution < -0.4 is 0 Å². The summed E-state index contributed by atoms with van der Waals surface area (Å²) < 4.78 is 6.96. The van der Waals surface area contributed by atoms with Crippen LogP contribution in [0.5, 0.6) is 0 Å². The van der Waals surface area contributed by atoms with Gasteiger partial charge in [-0.3, -0.25) is 0 Å². The van der Waals surface area contributed by atoms with Crippen molar-refractivity contribution in [2.24, 2.45) is 0 Å². The highest BCUT2D eigenvalue weighted by molar-refractivity contribution is 6.15. The second kappa shape index (κ2) is 11.8. The third kappa shape index (κ3) is 4.39. The molecule has 3 aromatic heterocycles. The summed E-state index contributed by atoms with van der Waals surface area (Å²) in [6.45, 7) is 0. The first-order valence-electron chi connectivity index (χ1n) is 18.3. The van der Waals surface area contributed by atoms with Crippen LogP contribution in [0.1, 0.15) is 11.1 Å². The number of fused-ring (bicyclic) bond motifs is 9. The van der Waals surface area contributed by atoms with Gasteiger partial charge in [0.2, 0.25) is 0 Å². The van der Waals surface area contributed by atoms with E-state index < -0.39 is 0 Å². The molecule has 0 saturated carbocycles. The highest BCUT2D eigenvalue weighted by atomic mass is 15.1. The molecular weight excluding hydrogens is 671 g/mol. The lowest BCUT2D eigenvalue weighted by Crippen LogP contribution is -2.01. The molecule has 0 radical (unpaired) electrons. The van der Waals surface area contributed by atoms with E-state index in [1.807, 2.05) is 42.5 Å². The fourth-order valence-corrected chi connectivity index (χ4v) is 8.81. The second-order valence-corrected chi connectivity index (χ2v) is 14.0. The lowest BCUT2D eigenvalue weighted by molar-refractivity contribution is 1.13. The summed E-state index contributed by atoms with van der Waals surface area (Å²) in [5.41, 5.74) is 12.6. The van der Waals surface area contributed by atoms with Gasteiger partial charge < -0.3 is 13.7 Å². The Morgan fingerprint density at radius 1 is 0.364 bits per heavy atom. The van der Waals surface area contributed by atoms with Gasteiger partial charge >= 0.3 is 0 Å². The first-order chi connectivity index (χ1) is 27.2. The fourth-order valence-electron chi connectivity index (χ4n) is 8.81. The maximum Gasteiger partial charge on any atom is 0.101 e. The van der Waals surface area contributed by atoms with Crippen LogP contribution >= 0.6 is 0 Å². The molecule has 5 nitrogen and oxygen atoms in total. The van der Waals surface area contributed by atoms with E-state index in [0.29, 0.717) is 11.1 Å². The molecule has 0 aliphatic carbocycles. The average molecular weight is 700 g/mol. The summed E-state index contributed by atoms with van der Waals surface area (Å²) >= 11 is 0. The van der Waals surface area contributed by atoms with Gasteiger partial charge in [0.15, 0.2) is 0 Å². The normalized spacial score (nSPS) is 11.6. The van der Waals surface area contributed by atoms with Crippen molar-refractivity contribution < 1.29 is 0 Å². The van der Waals surface area contributed by atoms with Crippen molar-refractivity contribution in [3.05, 3.63) is 187 Å². The predicted molar refractivity (Wildman–Crippen MR) is 224 cm³/mol. The maximum absolute atomic E-state index is 10.2. The first-order valence-corrected chi connectivity index (χ1v) is 18.3. The minimum atomic E-state index is 0.572. The monoisotopic (exact) mass is 699 g/mol. The molecule has 0 bridgehead atoms. The van der Waals surface area contributed by atoms with E-state index in [-0.39, 0.29) is 0 Å². The Balaban J connectivity index is 1.16. The Morgan fingerprint density at radius 2 is 0.873 bits per heavy atom. The van der Waals surface area contributed by atoms with Crippen LogP contribution in [0.2, 0.25) is 0 Å². The molecule has 5 heteroatoms. The summed E-state index contributed by atoms with van der Waals surface area (Å²) in [4.78, 5) is 0. The number of hydrogen-bond acceptors (Lipinski definition) is 2. The molecule has 3 heterocycles. The minimum absolute atomic E-state index is 0.572. The molecular formula is C50H29N5. The zero-order chi connectivity index (χ0) is 36.6. The van der Waals surface area contributed by atoms with Crippen molar-refractivity contribution in [1.29, 1.82) is 10.5 Å². The standard InChI is InChI=1S/C50H29N5/c51-30-32-23-28-47(55-46-21-8-4-14-38(46)40-16-9-11-34(31-52)49(40)55)42(29-32)33-24-26-35(27-25-33)53-43-18-5-3-15-39(43)41-17-10-22-48(50(41)53)54-44-19-6-1-12-36(44)37-13-2-7-20-45(37)54/h1-29H. The molecule has 8 aromatic carbocycles. The molecule has 0 saturated heterocycles. The number of nitrogens with zero attached hydrogens (tertiary/aromatic N) is 5. The van der Waals surface area contributed by atoms with Gasteiger partial charge in [-0.15, -0.1) is 0 Å². The van der Waals surface area contributed by atoms with Gasteiger partial charge in [0.25, 0.3) is 0 Å². The summed E-state index contributed by atoms with van der Waals surface area (Å²) in [6.07, 6.45) is 0. The number of nitriles is 2. The third-order valence-corrected chi connectivity index (χ3v) is 11.1. The molecule has 0 atom stereocenters. The number of para-hydroxylation sites is 6. The number of benzene rings is 8. The van der Waals surface area contributed by atoms with E-state index in [4.69, 9.17) is 0 Å². The van der Waals surface area contributed by atoms with E-state index in [0.717, 1.165) is 72.1 Å².